The minimum absolute atomic E-state index is 0.0237. The fourth-order valence-corrected chi connectivity index (χ4v) is 3.57. The molecule has 0 saturated carbocycles. The highest BCUT2D eigenvalue weighted by Crippen LogP contribution is 2.24. The number of carbonyl (C=O) groups is 2. The normalized spacial score (nSPS) is 21.3. The lowest BCUT2D eigenvalue weighted by molar-refractivity contribution is -0.118. The molecule has 0 bridgehead atoms. The Labute approximate surface area is 156 Å². The number of nitrogens with one attached hydrogen (secondary N) is 1. The number of piperidine rings is 1. The molecule has 2 rings (SSSR count). The van der Waals surface area contributed by atoms with E-state index in [1.54, 1.807) is 6.07 Å². The van der Waals surface area contributed by atoms with Crippen molar-refractivity contribution in [3.05, 3.63) is 29.3 Å². The van der Waals surface area contributed by atoms with Crippen molar-refractivity contribution < 1.29 is 14.3 Å². The molecule has 1 aromatic carbocycles. The minimum atomic E-state index is -0.309. The lowest BCUT2D eigenvalue weighted by atomic mass is 9.91. The number of ether oxygens (including phenoxy) is 1. The van der Waals surface area contributed by atoms with E-state index in [1.807, 2.05) is 24.0 Å². The highest BCUT2D eigenvalue weighted by atomic mass is 16.5. The average Bonchev–Trinajstić information content (AvgIpc) is 2.60. The van der Waals surface area contributed by atoms with E-state index < -0.39 is 0 Å². The monoisotopic (exact) mass is 361 g/mol. The Morgan fingerprint density at radius 2 is 1.96 bits per heavy atom. The molecule has 3 unspecified atom stereocenters. The van der Waals surface area contributed by atoms with Crippen LogP contribution < -0.4 is 11.1 Å². The summed E-state index contributed by atoms with van der Waals surface area (Å²) >= 11 is 0. The molecule has 0 spiro atoms. The number of nitrogens with zero attached hydrogens (tertiary/aromatic N) is 1. The third-order valence-electron chi connectivity index (χ3n) is 4.92. The van der Waals surface area contributed by atoms with Gasteiger partial charge in [-0.25, -0.2) is 0 Å². The van der Waals surface area contributed by atoms with Gasteiger partial charge in [0.1, 0.15) is 0 Å². The number of benzene rings is 1. The van der Waals surface area contributed by atoms with Gasteiger partial charge in [0.2, 0.25) is 5.91 Å². The second kappa shape index (κ2) is 9.14. The van der Waals surface area contributed by atoms with E-state index >= 15 is 0 Å². The van der Waals surface area contributed by atoms with Gasteiger partial charge in [0.05, 0.1) is 12.5 Å². The summed E-state index contributed by atoms with van der Waals surface area (Å²) in [4.78, 5) is 27.0. The average molecular weight is 361 g/mol. The Morgan fingerprint density at radius 3 is 2.54 bits per heavy atom. The van der Waals surface area contributed by atoms with Crippen LogP contribution in [0.1, 0.15) is 42.6 Å². The molecule has 0 radical (unpaired) electrons. The number of likely N-dealkylation sites (tertiary alicyclic amines) is 1. The van der Waals surface area contributed by atoms with E-state index in [0.29, 0.717) is 23.1 Å². The first-order valence-electron chi connectivity index (χ1n) is 9.26. The largest absolute Gasteiger partial charge is 0.380 e. The Hall–Kier alpha value is -1.92. The van der Waals surface area contributed by atoms with E-state index in [4.69, 9.17) is 10.5 Å². The molecule has 144 valence electrons. The Bertz CT molecular complexity index is 633. The standard InChI is InChI=1S/C20H31N3O3/c1-13-7-14(2)12-23(11-13)20(25)16-6-5-15(3)18(8-16)22-19(24)9-17(10-21)26-4/h5-6,8,13-14,17H,7,9-12,21H2,1-4H3,(H,22,24). The molecule has 0 aliphatic carbocycles. The van der Waals surface area contributed by atoms with Crippen molar-refractivity contribution in [2.75, 3.05) is 32.1 Å². The van der Waals surface area contributed by atoms with Crippen LogP contribution in [0.5, 0.6) is 0 Å². The molecule has 1 saturated heterocycles. The fraction of sp³-hybridized carbons (Fsp3) is 0.600. The second-order valence-electron chi connectivity index (χ2n) is 7.53. The maximum Gasteiger partial charge on any atom is 0.253 e. The maximum atomic E-state index is 12.9. The summed E-state index contributed by atoms with van der Waals surface area (Å²) in [6.07, 6.45) is 1.03. The van der Waals surface area contributed by atoms with Crippen molar-refractivity contribution in [1.82, 2.24) is 4.90 Å². The summed E-state index contributed by atoms with van der Waals surface area (Å²) in [5.41, 5.74) is 7.75. The Morgan fingerprint density at radius 1 is 1.31 bits per heavy atom. The molecule has 3 atom stereocenters. The number of hydrogen-bond donors (Lipinski definition) is 2. The summed E-state index contributed by atoms with van der Waals surface area (Å²) in [6, 6.07) is 5.47. The topological polar surface area (TPSA) is 84.7 Å². The molecule has 1 aliphatic rings. The highest BCUT2D eigenvalue weighted by Gasteiger charge is 2.26. The number of anilines is 1. The number of methoxy groups -OCH3 is 1. The second-order valence-corrected chi connectivity index (χ2v) is 7.53. The summed E-state index contributed by atoms with van der Waals surface area (Å²) < 4.78 is 5.15. The van der Waals surface area contributed by atoms with Gasteiger partial charge in [-0.2, -0.15) is 0 Å². The van der Waals surface area contributed by atoms with Gasteiger partial charge in [0.25, 0.3) is 5.91 Å². The molecule has 1 aliphatic heterocycles. The molecule has 3 N–H and O–H groups in total. The first kappa shape index (κ1) is 20.4. The van der Waals surface area contributed by atoms with Gasteiger partial charge in [0, 0.05) is 38.0 Å². The quantitative estimate of drug-likeness (QED) is 0.815. The summed E-state index contributed by atoms with van der Waals surface area (Å²) in [5, 5.41) is 2.88. The van der Waals surface area contributed by atoms with E-state index in [2.05, 4.69) is 19.2 Å². The van der Waals surface area contributed by atoms with Crippen molar-refractivity contribution >= 4 is 17.5 Å². The van der Waals surface area contributed by atoms with Crippen molar-refractivity contribution in [2.45, 2.75) is 39.7 Å². The molecule has 1 aromatic rings. The van der Waals surface area contributed by atoms with Crippen LogP contribution >= 0.6 is 0 Å². The number of rotatable bonds is 6. The maximum absolute atomic E-state index is 12.9. The Kier molecular flexibility index (Phi) is 7.17. The third kappa shape index (κ3) is 5.29. The zero-order valence-corrected chi connectivity index (χ0v) is 16.2. The van der Waals surface area contributed by atoms with Crippen LogP contribution in [0, 0.1) is 18.8 Å². The van der Waals surface area contributed by atoms with Gasteiger partial charge >= 0.3 is 0 Å². The lowest BCUT2D eigenvalue weighted by Crippen LogP contribution is -2.42. The number of carbonyl (C=O) groups excluding carboxylic acids is 2. The van der Waals surface area contributed by atoms with Gasteiger partial charge in [-0.15, -0.1) is 0 Å². The molecule has 1 heterocycles. The van der Waals surface area contributed by atoms with E-state index in [-0.39, 0.29) is 30.9 Å². The zero-order valence-electron chi connectivity index (χ0n) is 16.2. The molecule has 0 aromatic heterocycles. The number of nitrogens with two attached hydrogens (primary N) is 1. The molecular formula is C20H31N3O3. The predicted molar refractivity (Wildman–Crippen MR) is 103 cm³/mol. The molecule has 26 heavy (non-hydrogen) atoms. The zero-order chi connectivity index (χ0) is 19.3. The van der Waals surface area contributed by atoms with Crippen LogP contribution in [0.2, 0.25) is 0 Å². The fourth-order valence-electron chi connectivity index (χ4n) is 3.57. The van der Waals surface area contributed by atoms with Crippen LogP contribution in [-0.2, 0) is 9.53 Å². The SMILES string of the molecule is COC(CN)CC(=O)Nc1cc(C(=O)N2CC(C)CC(C)C2)ccc1C. The molecule has 1 fully saturated rings. The number of amides is 2. The van der Waals surface area contributed by atoms with E-state index in [1.165, 1.54) is 7.11 Å². The third-order valence-corrected chi connectivity index (χ3v) is 4.92. The highest BCUT2D eigenvalue weighted by molar-refractivity contribution is 5.98. The summed E-state index contributed by atoms with van der Waals surface area (Å²) in [5.74, 6) is 0.870. The number of hydrogen-bond acceptors (Lipinski definition) is 4. The number of aryl methyl sites for hydroxylation is 1. The first-order valence-corrected chi connectivity index (χ1v) is 9.26. The van der Waals surface area contributed by atoms with Gasteiger partial charge in [-0.1, -0.05) is 19.9 Å². The van der Waals surface area contributed by atoms with Gasteiger partial charge < -0.3 is 20.7 Å². The first-order chi connectivity index (χ1) is 12.3. The van der Waals surface area contributed by atoms with Gasteiger partial charge in [-0.3, -0.25) is 9.59 Å². The minimum Gasteiger partial charge on any atom is -0.380 e. The van der Waals surface area contributed by atoms with E-state index in [9.17, 15) is 9.59 Å². The molecule has 2 amide bonds. The van der Waals surface area contributed by atoms with Crippen molar-refractivity contribution in [3.8, 4) is 0 Å². The lowest BCUT2D eigenvalue weighted by Gasteiger charge is -2.35. The molecule has 6 nitrogen and oxygen atoms in total. The van der Waals surface area contributed by atoms with Crippen LogP contribution in [0.4, 0.5) is 5.69 Å². The molecular weight excluding hydrogens is 330 g/mol. The van der Waals surface area contributed by atoms with Crippen molar-refractivity contribution in [3.63, 3.8) is 0 Å². The Balaban J connectivity index is 2.11. The van der Waals surface area contributed by atoms with Gasteiger partial charge in [-0.05, 0) is 42.9 Å². The van der Waals surface area contributed by atoms with E-state index in [0.717, 1.165) is 25.1 Å². The van der Waals surface area contributed by atoms with Crippen molar-refractivity contribution in [1.29, 1.82) is 0 Å². The summed E-state index contributed by atoms with van der Waals surface area (Å²) in [6.45, 7) is 8.12. The van der Waals surface area contributed by atoms with Crippen LogP contribution in [0.15, 0.2) is 18.2 Å². The van der Waals surface area contributed by atoms with Crippen LogP contribution in [0.25, 0.3) is 0 Å². The predicted octanol–water partition coefficient (Wildman–Crippen LogP) is 2.42. The molecule has 6 heteroatoms. The summed E-state index contributed by atoms with van der Waals surface area (Å²) in [7, 11) is 1.54. The van der Waals surface area contributed by atoms with Crippen molar-refractivity contribution in [2.24, 2.45) is 17.6 Å². The van der Waals surface area contributed by atoms with Gasteiger partial charge in [0.15, 0.2) is 0 Å². The van der Waals surface area contributed by atoms with Crippen LogP contribution in [0.3, 0.4) is 0 Å². The smallest absolute Gasteiger partial charge is 0.253 e. The van der Waals surface area contributed by atoms with Crippen LogP contribution in [-0.4, -0.2) is 49.6 Å².